The molecule has 0 fully saturated rings. The lowest BCUT2D eigenvalue weighted by Crippen LogP contribution is -2.49. The maximum atomic E-state index is 11.9. The summed E-state index contributed by atoms with van der Waals surface area (Å²) in [7, 11) is 0. The minimum Gasteiger partial charge on any atom is -0.357 e. The second-order valence-corrected chi connectivity index (χ2v) is 7.05. The summed E-state index contributed by atoms with van der Waals surface area (Å²) in [5, 5.41) is 23.6. The summed E-state index contributed by atoms with van der Waals surface area (Å²) < 4.78 is 0.708. The molecule has 0 spiro atoms. The van der Waals surface area contributed by atoms with E-state index in [1.54, 1.807) is 13.0 Å². The SMILES string of the molecule is C=CCNc1nnc(SCC(=O)N[C@](C)(C#N)C(C)C)s1. The Bertz CT molecular complexity index is 537. The van der Waals surface area contributed by atoms with Crippen molar-refractivity contribution in [3.63, 3.8) is 0 Å². The molecule has 0 radical (unpaired) electrons. The molecule has 0 aliphatic heterocycles. The number of thioether (sulfide) groups is 1. The third-order valence-electron chi connectivity index (χ3n) is 2.92. The number of amides is 1. The molecule has 0 aliphatic rings. The van der Waals surface area contributed by atoms with Gasteiger partial charge in [0.2, 0.25) is 11.0 Å². The Morgan fingerprint density at radius 2 is 2.33 bits per heavy atom. The quantitative estimate of drug-likeness (QED) is 0.563. The smallest absolute Gasteiger partial charge is 0.231 e. The third kappa shape index (κ3) is 5.36. The zero-order chi connectivity index (χ0) is 15.9. The number of carbonyl (C=O) groups excluding carboxylic acids is 1. The summed E-state index contributed by atoms with van der Waals surface area (Å²) in [6.07, 6.45) is 1.73. The first-order valence-corrected chi connectivity index (χ1v) is 8.25. The Balaban J connectivity index is 2.48. The van der Waals surface area contributed by atoms with Crippen molar-refractivity contribution < 1.29 is 4.79 Å². The van der Waals surface area contributed by atoms with Crippen molar-refractivity contribution in [3.05, 3.63) is 12.7 Å². The van der Waals surface area contributed by atoms with E-state index in [1.807, 2.05) is 13.8 Å². The maximum Gasteiger partial charge on any atom is 0.231 e. The van der Waals surface area contributed by atoms with Gasteiger partial charge in [-0.15, -0.1) is 16.8 Å². The Morgan fingerprint density at radius 3 is 2.90 bits per heavy atom. The zero-order valence-corrected chi connectivity index (χ0v) is 14.0. The van der Waals surface area contributed by atoms with Gasteiger partial charge in [0.25, 0.3) is 0 Å². The molecule has 0 unspecified atom stereocenters. The van der Waals surface area contributed by atoms with Crippen LogP contribution in [0, 0.1) is 17.2 Å². The van der Waals surface area contributed by atoms with Crippen molar-refractivity contribution in [2.24, 2.45) is 5.92 Å². The first-order valence-electron chi connectivity index (χ1n) is 6.44. The van der Waals surface area contributed by atoms with Gasteiger partial charge in [-0.05, 0) is 12.8 Å². The molecule has 1 amide bonds. The highest BCUT2D eigenvalue weighted by atomic mass is 32.2. The number of hydrogen-bond acceptors (Lipinski definition) is 7. The number of nitriles is 1. The number of carbonyl (C=O) groups is 1. The minimum atomic E-state index is -0.852. The van der Waals surface area contributed by atoms with Crippen LogP contribution >= 0.6 is 23.1 Å². The average molecular weight is 325 g/mol. The van der Waals surface area contributed by atoms with Gasteiger partial charge in [0.1, 0.15) is 5.54 Å². The average Bonchev–Trinajstić information content (AvgIpc) is 2.90. The molecule has 1 aromatic rings. The van der Waals surface area contributed by atoms with Crippen LogP contribution in [0.4, 0.5) is 5.13 Å². The zero-order valence-electron chi connectivity index (χ0n) is 12.3. The number of anilines is 1. The van der Waals surface area contributed by atoms with Crippen molar-refractivity contribution in [1.82, 2.24) is 15.5 Å². The van der Waals surface area contributed by atoms with E-state index in [2.05, 4.69) is 33.5 Å². The van der Waals surface area contributed by atoms with Gasteiger partial charge in [0.05, 0.1) is 11.8 Å². The highest BCUT2D eigenvalue weighted by Crippen LogP contribution is 2.25. The standard InChI is InChI=1S/C13H19N5OS2/c1-5-6-15-11-17-18-12(21-11)20-7-10(19)16-13(4,8-14)9(2)3/h5,9H,1,6-7H2,2-4H3,(H,15,17)(H,16,19)/t13-/m1/s1. The van der Waals surface area contributed by atoms with Gasteiger partial charge in [0, 0.05) is 6.54 Å². The van der Waals surface area contributed by atoms with Crippen molar-refractivity contribution in [3.8, 4) is 6.07 Å². The number of nitrogens with one attached hydrogen (secondary N) is 2. The highest BCUT2D eigenvalue weighted by Gasteiger charge is 2.29. The van der Waals surface area contributed by atoms with Crippen LogP contribution < -0.4 is 10.6 Å². The van der Waals surface area contributed by atoms with E-state index in [-0.39, 0.29) is 17.6 Å². The first-order chi connectivity index (χ1) is 9.91. The Morgan fingerprint density at radius 1 is 1.62 bits per heavy atom. The van der Waals surface area contributed by atoms with Crippen LogP contribution in [0.3, 0.4) is 0 Å². The lowest BCUT2D eigenvalue weighted by atomic mass is 9.90. The lowest BCUT2D eigenvalue weighted by molar-refractivity contribution is -0.120. The van der Waals surface area contributed by atoms with E-state index in [0.717, 1.165) is 0 Å². The van der Waals surface area contributed by atoms with Crippen molar-refractivity contribution in [1.29, 1.82) is 5.26 Å². The molecule has 0 saturated carbocycles. The summed E-state index contributed by atoms with van der Waals surface area (Å²) in [6.45, 7) is 9.76. The van der Waals surface area contributed by atoms with Gasteiger partial charge < -0.3 is 10.6 Å². The predicted octanol–water partition coefficient (Wildman–Crippen LogP) is 2.28. The number of nitrogens with zero attached hydrogens (tertiary/aromatic N) is 3. The van der Waals surface area contributed by atoms with E-state index in [9.17, 15) is 4.79 Å². The molecule has 8 heteroatoms. The molecule has 114 valence electrons. The second kappa shape index (κ2) is 8.00. The Labute approximate surface area is 133 Å². The Hall–Kier alpha value is -1.59. The molecule has 0 aliphatic carbocycles. The molecule has 6 nitrogen and oxygen atoms in total. The van der Waals surface area contributed by atoms with Gasteiger partial charge in [-0.2, -0.15) is 5.26 Å². The minimum absolute atomic E-state index is 0.0349. The summed E-state index contributed by atoms with van der Waals surface area (Å²) in [6, 6.07) is 2.15. The van der Waals surface area contributed by atoms with Crippen LogP contribution in [-0.2, 0) is 4.79 Å². The molecule has 1 rings (SSSR count). The van der Waals surface area contributed by atoms with E-state index >= 15 is 0 Å². The van der Waals surface area contributed by atoms with Crippen LogP contribution in [-0.4, -0.2) is 33.9 Å². The molecule has 0 saturated heterocycles. The fourth-order valence-electron chi connectivity index (χ4n) is 1.25. The van der Waals surface area contributed by atoms with Gasteiger partial charge in [-0.1, -0.05) is 43.0 Å². The largest absolute Gasteiger partial charge is 0.357 e. The van der Waals surface area contributed by atoms with E-state index in [4.69, 9.17) is 5.26 Å². The lowest BCUT2D eigenvalue weighted by Gasteiger charge is -2.27. The molecule has 1 atom stereocenters. The van der Waals surface area contributed by atoms with Gasteiger partial charge in [-0.3, -0.25) is 4.79 Å². The Kier molecular flexibility index (Phi) is 6.65. The van der Waals surface area contributed by atoms with Crippen LogP contribution in [0.1, 0.15) is 20.8 Å². The summed E-state index contributed by atoms with van der Waals surface area (Å²) >= 11 is 2.69. The van der Waals surface area contributed by atoms with Crippen molar-refractivity contribution in [2.75, 3.05) is 17.6 Å². The molecule has 1 aromatic heterocycles. The number of aromatic nitrogens is 2. The highest BCUT2D eigenvalue weighted by molar-refractivity contribution is 8.01. The molecule has 1 heterocycles. The van der Waals surface area contributed by atoms with Crippen LogP contribution in [0.2, 0.25) is 0 Å². The molecular formula is C13H19N5OS2. The van der Waals surface area contributed by atoms with E-state index in [0.29, 0.717) is 16.0 Å². The number of hydrogen-bond donors (Lipinski definition) is 2. The van der Waals surface area contributed by atoms with Crippen LogP contribution in [0.15, 0.2) is 17.0 Å². The number of rotatable bonds is 8. The third-order valence-corrected chi connectivity index (χ3v) is 4.93. The summed E-state index contributed by atoms with van der Waals surface area (Å²) in [4.78, 5) is 11.9. The van der Waals surface area contributed by atoms with Crippen molar-refractivity contribution >= 4 is 34.1 Å². The predicted molar refractivity (Wildman–Crippen MR) is 86.3 cm³/mol. The van der Waals surface area contributed by atoms with Gasteiger partial charge in [0.15, 0.2) is 4.34 Å². The van der Waals surface area contributed by atoms with Crippen molar-refractivity contribution in [2.45, 2.75) is 30.6 Å². The van der Waals surface area contributed by atoms with E-state index in [1.165, 1.54) is 23.1 Å². The summed E-state index contributed by atoms with van der Waals surface area (Å²) in [5.74, 6) is 0.0568. The normalized spacial score (nSPS) is 13.3. The maximum absolute atomic E-state index is 11.9. The fraction of sp³-hybridized carbons (Fsp3) is 0.538. The fourth-order valence-corrected chi connectivity index (χ4v) is 2.81. The topological polar surface area (TPSA) is 90.7 Å². The van der Waals surface area contributed by atoms with E-state index < -0.39 is 5.54 Å². The van der Waals surface area contributed by atoms with Crippen LogP contribution in [0.5, 0.6) is 0 Å². The molecule has 21 heavy (non-hydrogen) atoms. The molecular weight excluding hydrogens is 306 g/mol. The summed E-state index contributed by atoms with van der Waals surface area (Å²) in [5.41, 5.74) is -0.852. The van der Waals surface area contributed by atoms with Gasteiger partial charge >= 0.3 is 0 Å². The second-order valence-electron chi connectivity index (χ2n) is 4.85. The molecule has 2 N–H and O–H groups in total. The monoisotopic (exact) mass is 325 g/mol. The van der Waals surface area contributed by atoms with Gasteiger partial charge in [-0.25, -0.2) is 0 Å². The molecule has 0 bridgehead atoms. The first kappa shape index (κ1) is 17.5. The van der Waals surface area contributed by atoms with Crippen LogP contribution in [0.25, 0.3) is 0 Å². The molecule has 0 aromatic carbocycles.